The Bertz CT molecular complexity index is 665. The monoisotopic (exact) mass is 423 g/mol. The van der Waals surface area contributed by atoms with Gasteiger partial charge in [0.2, 0.25) is 5.91 Å². The molecule has 0 unspecified atom stereocenters. The zero-order chi connectivity index (χ0) is 21.0. The molecule has 0 aromatic rings. The number of nitrogens with one attached hydrogen (secondary N) is 4. The van der Waals surface area contributed by atoms with Gasteiger partial charge in [0.05, 0.1) is 0 Å². The molecular formula is C20H33N5O3S. The summed E-state index contributed by atoms with van der Waals surface area (Å²) < 4.78 is 0. The van der Waals surface area contributed by atoms with Crippen molar-refractivity contribution in [3.63, 3.8) is 0 Å². The average molecular weight is 424 g/mol. The molecule has 0 aromatic carbocycles. The molecule has 9 heteroatoms. The molecule has 0 radical (unpaired) electrons. The van der Waals surface area contributed by atoms with E-state index in [9.17, 15) is 14.4 Å². The van der Waals surface area contributed by atoms with Crippen LogP contribution < -0.4 is 21.5 Å². The maximum atomic E-state index is 12.6. The minimum Gasteiger partial charge on any atom is -0.358 e. The second-order valence-electron chi connectivity index (χ2n) is 8.80. The fourth-order valence-corrected chi connectivity index (χ4v) is 4.98. The summed E-state index contributed by atoms with van der Waals surface area (Å²) >= 11 is 5.29. The van der Waals surface area contributed by atoms with Crippen LogP contribution in [0, 0.1) is 11.8 Å². The van der Waals surface area contributed by atoms with E-state index in [-0.39, 0.29) is 30.8 Å². The van der Waals surface area contributed by atoms with Crippen molar-refractivity contribution in [1.82, 2.24) is 26.4 Å². The molecule has 29 heavy (non-hydrogen) atoms. The van der Waals surface area contributed by atoms with Crippen LogP contribution >= 0.6 is 12.2 Å². The molecule has 4 N–H and O–H groups in total. The number of nitrogens with zero attached hydrogens (tertiary/aromatic N) is 1. The lowest BCUT2D eigenvalue weighted by atomic mass is 9.78. The lowest BCUT2D eigenvalue weighted by molar-refractivity contribution is -0.131. The Balaban J connectivity index is 1.34. The Hall–Kier alpha value is -1.90. The highest BCUT2D eigenvalue weighted by molar-refractivity contribution is 7.80. The topological polar surface area (TPSA) is 103 Å². The van der Waals surface area contributed by atoms with Crippen LogP contribution in [0.5, 0.6) is 0 Å². The number of thiocarbonyl (C=S) groups is 1. The smallest absolute Gasteiger partial charge is 0.325 e. The van der Waals surface area contributed by atoms with Gasteiger partial charge in [0.1, 0.15) is 5.54 Å². The SMILES string of the molecule is C[C@H]1[C@@H](NC(=S)NNC(=O)CCCN2C(=O)NC3(CCCC3)C2=O)CCC[C@@H]1C. The third-order valence-electron chi connectivity index (χ3n) is 6.83. The molecule has 3 fully saturated rings. The molecule has 1 heterocycles. The second kappa shape index (κ2) is 9.28. The van der Waals surface area contributed by atoms with Gasteiger partial charge in [-0.3, -0.25) is 25.3 Å². The number of hydrogen-bond acceptors (Lipinski definition) is 4. The fraction of sp³-hybridized carbons (Fsp3) is 0.800. The second-order valence-corrected chi connectivity index (χ2v) is 9.21. The third kappa shape index (κ3) is 4.99. The predicted octanol–water partition coefficient (Wildman–Crippen LogP) is 1.95. The number of imide groups is 1. The summed E-state index contributed by atoms with van der Waals surface area (Å²) in [5.74, 6) is 0.834. The third-order valence-corrected chi connectivity index (χ3v) is 7.05. The highest BCUT2D eigenvalue weighted by Crippen LogP contribution is 2.35. The maximum absolute atomic E-state index is 12.6. The van der Waals surface area contributed by atoms with Gasteiger partial charge in [-0.2, -0.15) is 0 Å². The zero-order valence-electron chi connectivity index (χ0n) is 17.4. The van der Waals surface area contributed by atoms with E-state index < -0.39 is 5.54 Å². The number of carbonyl (C=O) groups excluding carboxylic acids is 3. The predicted molar refractivity (Wildman–Crippen MR) is 114 cm³/mol. The Morgan fingerprint density at radius 1 is 1.17 bits per heavy atom. The van der Waals surface area contributed by atoms with Gasteiger partial charge in [-0.05, 0) is 49.7 Å². The Kier molecular flexibility index (Phi) is 6.97. The molecule has 2 aliphatic carbocycles. The van der Waals surface area contributed by atoms with Gasteiger partial charge in [-0.1, -0.05) is 39.5 Å². The lowest BCUT2D eigenvalue weighted by Gasteiger charge is -2.35. The van der Waals surface area contributed by atoms with Gasteiger partial charge >= 0.3 is 6.03 Å². The molecule has 1 spiro atoms. The maximum Gasteiger partial charge on any atom is 0.325 e. The summed E-state index contributed by atoms with van der Waals surface area (Å²) in [7, 11) is 0. The average Bonchev–Trinajstić information content (AvgIpc) is 3.24. The number of amides is 4. The molecule has 162 valence electrons. The van der Waals surface area contributed by atoms with E-state index in [0.29, 0.717) is 42.3 Å². The molecule has 4 amide bonds. The number of carbonyl (C=O) groups is 3. The molecule has 1 aliphatic heterocycles. The van der Waals surface area contributed by atoms with E-state index in [1.54, 1.807) is 0 Å². The Labute approximate surface area is 177 Å². The fourth-order valence-electron chi connectivity index (χ4n) is 4.77. The summed E-state index contributed by atoms with van der Waals surface area (Å²) in [6.45, 7) is 4.74. The largest absolute Gasteiger partial charge is 0.358 e. The molecule has 0 bridgehead atoms. The van der Waals surface area contributed by atoms with E-state index in [2.05, 4.69) is 35.3 Å². The van der Waals surface area contributed by atoms with Gasteiger partial charge in [0.25, 0.3) is 5.91 Å². The molecule has 3 rings (SSSR count). The van der Waals surface area contributed by atoms with Crippen LogP contribution in [0.4, 0.5) is 4.79 Å². The first-order chi connectivity index (χ1) is 13.8. The minimum atomic E-state index is -0.688. The molecular weight excluding hydrogens is 390 g/mol. The first kappa shape index (κ1) is 21.8. The van der Waals surface area contributed by atoms with Crippen LogP contribution in [-0.2, 0) is 9.59 Å². The van der Waals surface area contributed by atoms with E-state index in [0.717, 1.165) is 19.3 Å². The van der Waals surface area contributed by atoms with Crippen LogP contribution in [0.1, 0.15) is 71.6 Å². The number of urea groups is 1. The standard InChI is InChI=1S/C20H33N5O3S/c1-13-7-5-8-15(14(13)2)21-18(29)24-23-16(26)9-6-12-25-17(27)20(22-19(25)28)10-3-4-11-20/h13-15H,3-12H2,1-2H3,(H,22,28)(H,23,26)(H2,21,24,29)/t13-,14+,15-/m0/s1. The van der Waals surface area contributed by atoms with Gasteiger partial charge < -0.3 is 10.6 Å². The van der Waals surface area contributed by atoms with Crippen LogP contribution in [0.25, 0.3) is 0 Å². The van der Waals surface area contributed by atoms with Crippen molar-refractivity contribution < 1.29 is 14.4 Å². The van der Waals surface area contributed by atoms with Gasteiger partial charge in [-0.25, -0.2) is 4.79 Å². The quantitative estimate of drug-likeness (QED) is 0.306. The molecule has 8 nitrogen and oxygen atoms in total. The van der Waals surface area contributed by atoms with Crippen molar-refractivity contribution in [2.24, 2.45) is 11.8 Å². The van der Waals surface area contributed by atoms with Crippen LogP contribution in [0.3, 0.4) is 0 Å². The van der Waals surface area contributed by atoms with Crippen molar-refractivity contribution in [2.75, 3.05) is 6.54 Å². The minimum absolute atomic E-state index is 0.139. The normalized spacial score (nSPS) is 28.3. The number of hydrogen-bond donors (Lipinski definition) is 4. The highest BCUT2D eigenvalue weighted by Gasteiger charge is 2.52. The van der Waals surface area contributed by atoms with E-state index in [1.165, 1.54) is 17.7 Å². The van der Waals surface area contributed by atoms with Crippen molar-refractivity contribution in [1.29, 1.82) is 0 Å². The van der Waals surface area contributed by atoms with Crippen LogP contribution in [0.2, 0.25) is 0 Å². The summed E-state index contributed by atoms with van der Waals surface area (Å²) in [6.07, 6.45) is 7.46. The summed E-state index contributed by atoms with van der Waals surface area (Å²) in [5.41, 5.74) is 4.67. The van der Waals surface area contributed by atoms with Crippen molar-refractivity contribution in [3.8, 4) is 0 Å². The zero-order valence-corrected chi connectivity index (χ0v) is 18.2. The van der Waals surface area contributed by atoms with Gasteiger partial charge in [0.15, 0.2) is 5.11 Å². The lowest BCUT2D eigenvalue weighted by Crippen LogP contribution is -2.52. The van der Waals surface area contributed by atoms with Crippen molar-refractivity contribution >= 4 is 35.2 Å². The number of hydrazine groups is 1. The van der Waals surface area contributed by atoms with Gasteiger partial charge in [0, 0.05) is 19.0 Å². The van der Waals surface area contributed by atoms with Crippen LogP contribution in [-0.4, -0.2) is 46.0 Å². The van der Waals surface area contributed by atoms with Crippen molar-refractivity contribution in [3.05, 3.63) is 0 Å². The highest BCUT2D eigenvalue weighted by atomic mass is 32.1. The number of rotatable bonds is 5. The first-order valence-corrected chi connectivity index (χ1v) is 11.2. The molecule has 2 saturated carbocycles. The Morgan fingerprint density at radius 2 is 1.90 bits per heavy atom. The first-order valence-electron chi connectivity index (χ1n) is 10.8. The summed E-state index contributed by atoms with van der Waals surface area (Å²) in [6, 6.07) is -0.0186. The van der Waals surface area contributed by atoms with E-state index in [1.807, 2.05) is 0 Å². The molecule has 3 aliphatic rings. The van der Waals surface area contributed by atoms with E-state index >= 15 is 0 Å². The van der Waals surface area contributed by atoms with Gasteiger partial charge in [-0.15, -0.1) is 0 Å². The van der Waals surface area contributed by atoms with Crippen molar-refractivity contribution in [2.45, 2.75) is 83.2 Å². The molecule has 1 saturated heterocycles. The molecule has 0 aromatic heterocycles. The Morgan fingerprint density at radius 3 is 2.62 bits per heavy atom. The van der Waals surface area contributed by atoms with Crippen LogP contribution in [0.15, 0.2) is 0 Å². The molecule has 3 atom stereocenters. The van der Waals surface area contributed by atoms with E-state index in [4.69, 9.17) is 12.2 Å². The summed E-state index contributed by atoms with van der Waals surface area (Å²) in [5, 5.41) is 6.56. The summed E-state index contributed by atoms with van der Waals surface area (Å²) in [4.78, 5) is 38.0.